The number of aryl methyl sites for hydroxylation is 1. The second-order valence-electron chi connectivity index (χ2n) is 2.93. The molecule has 0 aliphatic heterocycles. The minimum absolute atomic E-state index is 0.0662. The van der Waals surface area contributed by atoms with Crippen molar-refractivity contribution in [2.24, 2.45) is 0 Å². The summed E-state index contributed by atoms with van der Waals surface area (Å²) in [6.45, 7) is 3.80. The van der Waals surface area contributed by atoms with Crippen molar-refractivity contribution in [1.29, 1.82) is 0 Å². The van der Waals surface area contributed by atoms with Gasteiger partial charge < -0.3 is 5.11 Å². The lowest BCUT2D eigenvalue weighted by Crippen LogP contribution is -1.89. The van der Waals surface area contributed by atoms with Crippen LogP contribution >= 0.6 is 0 Å². The van der Waals surface area contributed by atoms with Gasteiger partial charge >= 0.3 is 0 Å². The second-order valence-corrected chi connectivity index (χ2v) is 2.93. The summed E-state index contributed by atoms with van der Waals surface area (Å²) in [6, 6.07) is 5.54. The molecule has 0 saturated carbocycles. The van der Waals surface area contributed by atoms with E-state index in [2.05, 4.69) is 5.92 Å². The third kappa shape index (κ3) is 1.60. The highest BCUT2D eigenvalue weighted by molar-refractivity contribution is 5.38. The number of hydrogen-bond acceptors (Lipinski definition) is 1. The van der Waals surface area contributed by atoms with Crippen molar-refractivity contribution in [3.63, 3.8) is 0 Å². The molecule has 1 aromatic carbocycles. The van der Waals surface area contributed by atoms with Gasteiger partial charge in [0.1, 0.15) is 5.75 Å². The molecule has 1 unspecified atom stereocenters. The summed E-state index contributed by atoms with van der Waals surface area (Å²) in [5.41, 5.74) is 1.86. The van der Waals surface area contributed by atoms with Gasteiger partial charge in [0.2, 0.25) is 0 Å². The fraction of sp³-hybridized carbons (Fsp3) is 0.273. The largest absolute Gasteiger partial charge is 0.508 e. The topological polar surface area (TPSA) is 20.2 Å². The van der Waals surface area contributed by atoms with E-state index < -0.39 is 0 Å². The molecule has 0 bridgehead atoms. The van der Waals surface area contributed by atoms with Gasteiger partial charge in [0.15, 0.2) is 0 Å². The average Bonchev–Trinajstić information content (AvgIpc) is 2.08. The first-order valence-electron chi connectivity index (χ1n) is 3.91. The van der Waals surface area contributed by atoms with Gasteiger partial charge in [-0.25, -0.2) is 0 Å². The van der Waals surface area contributed by atoms with E-state index in [1.807, 2.05) is 26.0 Å². The van der Waals surface area contributed by atoms with Gasteiger partial charge in [-0.15, -0.1) is 6.42 Å². The average molecular weight is 160 g/mol. The lowest BCUT2D eigenvalue weighted by Gasteiger charge is -2.05. The van der Waals surface area contributed by atoms with E-state index in [0.29, 0.717) is 5.75 Å². The Morgan fingerprint density at radius 1 is 1.50 bits per heavy atom. The molecule has 0 heterocycles. The van der Waals surface area contributed by atoms with Gasteiger partial charge in [-0.2, -0.15) is 0 Å². The normalized spacial score (nSPS) is 12.1. The van der Waals surface area contributed by atoms with Gasteiger partial charge in [-0.05, 0) is 31.0 Å². The van der Waals surface area contributed by atoms with E-state index in [4.69, 9.17) is 6.42 Å². The number of terminal acetylenes is 1. The minimum Gasteiger partial charge on any atom is -0.508 e. The second kappa shape index (κ2) is 3.32. The first-order chi connectivity index (χ1) is 5.65. The molecule has 1 aromatic rings. The zero-order chi connectivity index (χ0) is 9.14. The number of aromatic hydroxyl groups is 1. The summed E-state index contributed by atoms with van der Waals surface area (Å²) in [5, 5.41) is 9.38. The zero-order valence-corrected chi connectivity index (χ0v) is 7.33. The van der Waals surface area contributed by atoms with Crippen LogP contribution < -0.4 is 0 Å². The Labute approximate surface area is 73.0 Å². The van der Waals surface area contributed by atoms with E-state index in [0.717, 1.165) is 11.1 Å². The fourth-order valence-electron chi connectivity index (χ4n) is 0.992. The van der Waals surface area contributed by atoms with E-state index in [9.17, 15) is 5.11 Å². The van der Waals surface area contributed by atoms with E-state index in [1.54, 1.807) is 6.07 Å². The lowest BCUT2D eigenvalue weighted by atomic mass is 10.0. The predicted octanol–water partition coefficient (Wildman–Crippen LogP) is 2.44. The highest BCUT2D eigenvalue weighted by Gasteiger charge is 2.03. The number of phenolic OH excluding ortho intramolecular Hbond substituents is 1. The van der Waals surface area contributed by atoms with E-state index in [1.165, 1.54) is 0 Å². The van der Waals surface area contributed by atoms with Crippen molar-refractivity contribution in [3.8, 4) is 18.1 Å². The quantitative estimate of drug-likeness (QED) is 0.625. The van der Waals surface area contributed by atoms with Crippen LogP contribution in [0.1, 0.15) is 24.0 Å². The monoisotopic (exact) mass is 160 g/mol. The first kappa shape index (κ1) is 8.67. The van der Waals surface area contributed by atoms with Crippen molar-refractivity contribution in [2.75, 3.05) is 0 Å². The van der Waals surface area contributed by atoms with Gasteiger partial charge in [0.05, 0.1) is 0 Å². The van der Waals surface area contributed by atoms with Crippen LogP contribution in [0.5, 0.6) is 5.75 Å². The molecule has 0 radical (unpaired) electrons. The molecule has 1 heteroatoms. The Hall–Kier alpha value is -1.42. The SMILES string of the molecule is C#CC(C)c1ccc(C)c(O)c1. The Morgan fingerprint density at radius 3 is 2.67 bits per heavy atom. The van der Waals surface area contributed by atoms with Crippen molar-refractivity contribution in [1.82, 2.24) is 0 Å². The van der Waals surface area contributed by atoms with Crippen LogP contribution in [-0.2, 0) is 0 Å². The molecular weight excluding hydrogens is 148 g/mol. The minimum atomic E-state index is 0.0662. The highest BCUT2D eigenvalue weighted by atomic mass is 16.3. The third-order valence-electron chi connectivity index (χ3n) is 1.98. The summed E-state index contributed by atoms with van der Waals surface area (Å²) >= 11 is 0. The van der Waals surface area contributed by atoms with Crippen molar-refractivity contribution >= 4 is 0 Å². The number of rotatable bonds is 1. The predicted molar refractivity (Wildman–Crippen MR) is 50.1 cm³/mol. The van der Waals surface area contributed by atoms with Gasteiger partial charge in [0.25, 0.3) is 0 Å². The molecule has 12 heavy (non-hydrogen) atoms. The molecule has 1 N–H and O–H groups in total. The zero-order valence-electron chi connectivity index (χ0n) is 7.33. The molecule has 0 saturated heterocycles. The Kier molecular flexibility index (Phi) is 2.40. The Balaban J connectivity index is 3.06. The molecule has 0 aliphatic carbocycles. The molecular formula is C11H12O. The standard InChI is InChI=1S/C11H12O/c1-4-8(2)10-6-5-9(3)11(12)7-10/h1,5-8,12H,2-3H3. The van der Waals surface area contributed by atoms with Gasteiger partial charge in [-0.3, -0.25) is 0 Å². The fourth-order valence-corrected chi connectivity index (χ4v) is 0.992. The Morgan fingerprint density at radius 2 is 2.17 bits per heavy atom. The van der Waals surface area contributed by atoms with Crippen LogP contribution in [0.15, 0.2) is 18.2 Å². The maximum atomic E-state index is 9.38. The van der Waals surface area contributed by atoms with Crippen LogP contribution in [0, 0.1) is 19.3 Å². The first-order valence-corrected chi connectivity index (χ1v) is 3.91. The molecule has 0 aromatic heterocycles. The number of benzene rings is 1. The maximum absolute atomic E-state index is 9.38. The molecule has 1 atom stereocenters. The van der Waals surface area contributed by atoms with Crippen LogP contribution in [0.25, 0.3) is 0 Å². The third-order valence-corrected chi connectivity index (χ3v) is 1.98. The molecule has 0 amide bonds. The summed E-state index contributed by atoms with van der Waals surface area (Å²) < 4.78 is 0. The van der Waals surface area contributed by atoms with Gasteiger partial charge in [0, 0.05) is 5.92 Å². The molecule has 62 valence electrons. The van der Waals surface area contributed by atoms with Crippen LogP contribution in [-0.4, -0.2) is 5.11 Å². The van der Waals surface area contributed by atoms with E-state index in [-0.39, 0.29) is 5.92 Å². The molecule has 0 spiro atoms. The van der Waals surface area contributed by atoms with Crippen molar-refractivity contribution < 1.29 is 5.11 Å². The Bertz CT molecular complexity index is 320. The van der Waals surface area contributed by atoms with E-state index >= 15 is 0 Å². The maximum Gasteiger partial charge on any atom is 0.118 e. The summed E-state index contributed by atoms with van der Waals surface area (Å²) in [4.78, 5) is 0. The molecule has 0 fully saturated rings. The van der Waals surface area contributed by atoms with Crippen molar-refractivity contribution in [3.05, 3.63) is 29.3 Å². The van der Waals surface area contributed by atoms with Crippen LogP contribution in [0.2, 0.25) is 0 Å². The summed E-state index contributed by atoms with van der Waals surface area (Å²) in [5.74, 6) is 3.00. The molecule has 0 aliphatic rings. The smallest absolute Gasteiger partial charge is 0.118 e. The summed E-state index contributed by atoms with van der Waals surface area (Å²) in [7, 11) is 0. The molecule has 1 rings (SSSR count). The van der Waals surface area contributed by atoms with Crippen LogP contribution in [0.3, 0.4) is 0 Å². The highest BCUT2D eigenvalue weighted by Crippen LogP contribution is 2.22. The number of hydrogen-bond donors (Lipinski definition) is 1. The molecule has 1 nitrogen and oxygen atoms in total. The summed E-state index contributed by atoms with van der Waals surface area (Å²) in [6.07, 6.45) is 5.26. The van der Waals surface area contributed by atoms with Gasteiger partial charge in [-0.1, -0.05) is 18.1 Å². The number of phenols is 1. The van der Waals surface area contributed by atoms with Crippen molar-refractivity contribution in [2.45, 2.75) is 19.8 Å². The lowest BCUT2D eigenvalue weighted by molar-refractivity contribution is 0.470. The van der Waals surface area contributed by atoms with Crippen LogP contribution in [0.4, 0.5) is 0 Å².